The van der Waals surface area contributed by atoms with E-state index in [1.165, 1.54) is 12.1 Å². The molecule has 0 spiro atoms. The third kappa shape index (κ3) is 4.72. The number of amides is 1. The first-order valence-corrected chi connectivity index (χ1v) is 11.6. The molecule has 2 aliphatic heterocycles. The lowest BCUT2D eigenvalue weighted by Crippen LogP contribution is -2.41. The lowest BCUT2D eigenvalue weighted by molar-refractivity contribution is 0.0489. The van der Waals surface area contributed by atoms with Crippen LogP contribution in [0.5, 0.6) is 5.75 Å². The number of halogens is 1. The van der Waals surface area contributed by atoms with E-state index in [9.17, 15) is 14.4 Å². The van der Waals surface area contributed by atoms with E-state index >= 15 is 0 Å². The molecule has 11 nitrogen and oxygen atoms in total. The molecule has 5 rings (SSSR count). The fourth-order valence-corrected chi connectivity index (χ4v) is 4.20. The Kier molecular flexibility index (Phi) is 5.94. The van der Waals surface area contributed by atoms with Gasteiger partial charge < -0.3 is 14.4 Å². The van der Waals surface area contributed by atoms with Gasteiger partial charge in [-0.05, 0) is 50.8 Å². The quantitative estimate of drug-likeness (QED) is 0.644. The molecule has 1 aliphatic carbocycles. The van der Waals surface area contributed by atoms with Crippen LogP contribution in [-0.2, 0) is 11.3 Å². The predicted octanol–water partition coefficient (Wildman–Crippen LogP) is 2.42. The summed E-state index contributed by atoms with van der Waals surface area (Å²) in [6.45, 7) is 3.04. The Morgan fingerprint density at radius 2 is 2.11 bits per heavy atom. The molecule has 3 aliphatic rings. The zero-order chi connectivity index (χ0) is 24.6. The van der Waals surface area contributed by atoms with Crippen molar-refractivity contribution in [1.29, 1.82) is 5.26 Å². The molecular formula is C23H27FN8O3. The summed E-state index contributed by atoms with van der Waals surface area (Å²) in [5.74, 6) is 0.0870. The fraction of sp³-hybridized carbons (Fsp3) is 0.478. The van der Waals surface area contributed by atoms with E-state index in [4.69, 9.17) is 9.47 Å². The van der Waals surface area contributed by atoms with Crippen LogP contribution in [0.25, 0.3) is 0 Å². The molecule has 35 heavy (non-hydrogen) atoms. The minimum absolute atomic E-state index is 0.00682. The molecule has 1 saturated carbocycles. The Bertz CT molecular complexity index is 1190. The summed E-state index contributed by atoms with van der Waals surface area (Å²) in [5.41, 5.74) is 6.62. The van der Waals surface area contributed by atoms with E-state index < -0.39 is 5.82 Å². The molecule has 0 radical (unpaired) electrons. The van der Waals surface area contributed by atoms with Gasteiger partial charge in [-0.2, -0.15) is 10.4 Å². The molecule has 2 fully saturated rings. The molecule has 0 atom stereocenters. The third-order valence-corrected chi connectivity index (χ3v) is 6.60. The van der Waals surface area contributed by atoms with Gasteiger partial charge in [0.1, 0.15) is 24.0 Å². The minimum atomic E-state index is -0.532. The van der Waals surface area contributed by atoms with Crippen molar-refractivity contribution < 1.29 is 18.7 Å². The van der Waals surface area contributed by atoms with Crippen LogP contribution in [0.4, 0.5) is 9.18 Å². The van der Waals surface area contributed by atoms with Crippen molar-refractivity contribution in [3.8, 4) is 11.8 Å². The maximum atomic E-state index is 14.7. The Labute approximate surface area is 202 Å². The van der Waals surface area contributed by atoms with Crippen molar-refractivity contribution in [3.05, 3.63) is 47.0 Å². The van der Waals surface area contributed by atoms with E-state index in [1.807, 2.05) is 6.92 Å². The number of ether oxygens (including phenoxy) is 2. The molecule has 184 valence electrons. The number of hydrogen-bond donors (Lipinski definition) is 2. The zero-order valence-corrected chi connectivity index (χ0v) is 19.6. The molecule has 1 saturated heterocycles. The van der Waals surface area contributed by atoms with Crippen LogP contribution in [0.3, 0.4) is 0 Å². The van der Waals surface area contributed by atoms with Gasteiger partial charge in [0.25, 0.3) is 0 Å². The number of amidine groups is 1. The first-order chi connectivity index (χ1) is 16.9. The van der Waals surface area contributed by atoms with Crippen LogP contribution in [0.15, 0.2) is 29.5 Å². The molecule has 3 heterocycles. The smallest absolute Gasteiger partial charge is 0.410 e. The highest BCUT2D eigenvalue weighted by molar-refractivity contribution is 5.98. The largest absolute Gasteiger partial charge is 0.486 e. The number of benzene rings is 1. The van der Waals surface area contributed by atoms with Gasteiger partial charge in [0.15, 0.2) is 17.4 Å². The lowest BCUT2D eigenvalue weighted by Gasteiger charge is -2.32. The van der Waals surface area contributed by atoms with E-state index in [1.54, 1.807) is 33.9 Å². The molecule has 0 bridgehead atoms. The minimum Gasteiger partial charge on any atom is -0.486 e. The summed E-state index contributed by atoms with van der Waals surface area (Å²) in [4.78, 5) is 14.1. The van der Waals surface area contributed by atoms with Crippen LogP contribution in [0.1, 0.15) is 55.5 Å². The van der Waals surface area contributed by atoms with Gasteiger partial charge in [0.05, 0.1) is 12.2 Å². The second-order valence-electron chi connectivity index (χ2n) is 9.26. The van der Waals surface area contributed by atoms with Gasteiger partial charge >= 0.3 is 6.09 Å². The average molecular weight is 483 g/mol. The van der Waals surface area contributed by atoms with Crippen LogP contribution < -0.4 is 15.8 Å². The molecule has 2 N–H and O–H groups in total. The number of nitrogens with zero attached hydrogens (tertiary/aromatic N) is 6. The number of hydrogen-bond acceptors (Lipinski definition) is 9. The highest BCUT2D eigenvalue weighted by Crippen LogP contribution is 2.39. The highest BCUT2D eigenvalue weighted by atomic mass is 19.1. The monoisotopic (exact) mass is 482 g/mol. The van der Waals surface area contributed by atoms with Gasteiger partial charge in [0, 0.05) is 31.3 Å². The lowest BCUT2D eigenvalue weighted by atomic mass is 10.1. The summed E-state index contributed by atoms with van der Waals surface area (Å²) in [7, 11) is 1.76. The number of piperidine rings is 1. The van der Waals surface area contributed by atoms with Gasteiger partial charge in [-0.3, -0.25) is 9.69 Å². The SMILES string of the molecule is CN1NNN=C1c1ccc(OCc2cnn(C3CCN(C(=O)OC4(C)CC4)CC3)c2C#N)c(F)c1. The third-order valence-electron chi connectivity index (χ3n) is 6.60. The second-order valence-corrected chi connectivity index (χ2v) is 9.26. The number of carbonyl (C=O) groups is 1. The van der Waals surface area contributed by atoms with Crippen LogP contribution in [0, 0.1) is 17.1 Å². The topological polar surface area (TPSA) is 120 Å². The molecule has 0 unspecified atom stereocenters. The predicted molar refractivity (Wildman–Crippen MR) is 122 cm³/mol. The van der Waals surface area contributed by atoms with Crippen molar-refractivity contribution in [1.82, 2.24) is 30.8 Å². The van der Waals surface area contributed by atoms with Gasteiger partial charge in [-0.1, -0.05) is 0 Å². The second kappa shape index (κ2) is 9.07. The maximum Gasteiger partial charge on any atom is 0.410 e. The maximum absolute atomic E-state index is 14.7. The van der Waals surface area contributed by atoms with Gasteiger partial charge in [-0.25, -0.2) is 14.7 Å². The fourth-order valence-electron chi connectivity index (χ4n) is 4.20. The van der Waals surface area contributed by atoms with E-state index in [0.717, 1.165) is 12.8 Å². The van der Waals surface area contributed by atoms with Gasteiger partial charge in [-0.15, -0.1) is 10.6 Å². The van der Waals surface area contributed by atoms with Crippen molar-refractivity contribution in [2.75, 3.05) is 20.1 Å². The number of hydrazine groups is 2. The Morgan fingerprint density at radius 3 is 2.74 bits per heavy atom. The Hall–Kier alpha value is -3.85. The van der Waals surface area contributed by atoms with Crippen LogP contribution in [0.2, 0.25) is 0 Å². The number of likely N-dealkylation sites (tertiary alicyclic amines) is 1. The Balaban J connectivity index is 1.20. The summed E-state index contributed by atoms with van der Waals surface area (Å²) in [6, 6.07) is 6.78. The first-order valence-electron chi connectivity index (χ1n) is 11.6. The number of nitrogens with one attached hydrogen (secondary N) is 2. The molecule has 1 aromatic carbocycles. The molecule has 2 aromatic rings. The van der Waals surface area contributed by atoms with E-state index in [-0.39, 0.29) is 30.1 Å². The van der Waals surface area contributed by atoms with Crippen molar-refractivity contribution >= 4 is 11.9 Å². The van der Waals surface area contributed by atoms with Crippen molar-refractivity contribution in [2.24, 2.45) is 5.10 Å². The number of hydrazone groups is 1. The first kappa shape index (κ1) is 22.9. The summed E-state index contributed by atoms with van der Waals surface area (Å²) >= 11 is 0. The van der Waals surface area contributed by atoms with E-state index in [2.05, 4.69) is 27.3 Å². The number of carbonyl (C=O) groups excluding carboxylic acids is 1. The standard InChI is InChI=1S/C23H27FN8O3/c1-23(7-8-23)35-22(33)31-9-5-17(6-10-31)32-19(12-25)16(13-26-32)14-34-20-4-3-15(11-18(20)24)21-27-28-29-30(21)2/h3-4,11,13,17,28-29H,5-10,14H2,1-2H3. The molecular weight excluding hydrogens is 455 g/mol. The average Bonchev–Trinajstić information content (AvgIpc) is 3.23. The number of rotatable bonds is 6. The summed E-state index contributed by atoms with van der Waals surface area (Å²) in [6.07, 6.45) is 4.47. The highest BCUT2D eigenvalue weighted by Gasteiger charge is 2.43. The summed E-state index contributed by atoms with van der Waals surface area (Å²) in [5, 5.41) is 19.9. The molecule has 1 aromatic heterocycles. The summed E-state index contributed by atoms with van der Waals surface area (Å²) < 4.78 is 27.6. The van der Waals surface area contributed by atoms with Crippen molar-refractivity contribution in [3.63, 3.8) is 0 Å². The van der Waals surface area contributed by atoms with Gasteiger partial charge in [0.2, 0.25) is 0 Å². The Morgan fingerprint density at radius 1 is 1.34 bits per heavy atom. The number of aromatic nitrogens is 2. The molecule has 1 amide bonds. The van der Waals surface area contributed by atoms with E-state index in [0.29, 0.717) is 48.6 Å². The van der Waals surface area contributed by atoms with Crippen LogP contribution in [-0.4, -0.2) is 57.4 Å². The number of nitriles is 1. The zero-order valence-electron chi connectivity index (χ0n) is 19.6. The van der Waals surface area contributed by atoms with Crippen LogP contribution >= 0.6 is 0 Å². The van der Waals surface area contributed by atoms with Crippen molar-refractivity contribution in [2.45, 2.75) is 50.9 Å². The normalized spacial score (nSPS) is 19.1. The molecule has 12 heteroatoms.